The molecule has 1 heterocycles. The zero-order valence-electron chi connectivity index (χ0n) is 14.9. The van der Waals surface area contributed by atoms with Crippen LogP contribution in [0.1, 0.15) is 0 Å². The molecule has 7 nitrogen and oxygen atoms in total. The molecule has 24 heavy (non-hydrogen) atoms. The first-order valence-corrected chi connectivity index (χ1v) is 7.81. The Morgan fingerprint density at radius 3 is 2.00 bits per heavy atom. The molecule has 2 rings (SSSR count). The molecule has 0 spiro atoms. The van der Waals surface area contributed by atoms with Crippen molar-refractivity contribution >= 4 is 5.69 Å². The van der Waals surface area contributed by atoms with E-state index in [-0.39, 0.29) is 24.4 Å². The SMILES string of the molecule is COC[C@H]1O[C@H](Nc2ccc(OC)cc2)[C@H](OC)[C@@H](OC)[C@@H]1OC. The fourth-order valence-corrected chi connectivity index (χ4v) is 2.99. The van der Waals surface area contributed by atoms with Crippen LogP contribution >= 0.6 is 0 Å². The standard InChI is InChI=1S/C17H27NO6/c1-19-10-13-14(21-3)15(22-4)16(23-5)17(24-13)18-11-6-8-12(20-2)9-7-11/h6-9,13-18H,10H2,1-5H3/t13-,14-,15+,16-,17+/m1/s1. The summed E-state index contributed by atoms with van der Waals surface area (Å²) in [5.74, 6) is 0.792. The molecule has 0 aromatic heterocycles. The minimum absolute atomic E-state index is 0.271. The van der Waals surface area contributed by atoms with Gasteiger partial charge in [0, 0.05) is 34.1 Å². The van der Waals surface area contributed by atoms with Crippen LogP contribution in [0.2, 0.25) is 0 Å². The number of benzene rings is 1. The van der Waals surface area contributed by atoms with Crippen LogP contribution in [0, 0.1) is 0 Å². The molecule has 0 aliphatic carbocycles. The Labute approximate surface area is 143 Å². The highest BCUT2D eigenvalue weighted by Crippen LogP contribution is 2.28. The second-order valence-corrected chi connectivity index (χ2v) is 5.52. The van der Waals surface area contributed by atoms with E-state index in [1.807, 2.05) is 24.3 Å². The third-order valence-corrected chi connectivity index (χ3v) is 4.18. The average molecular weight is 341 g/mol. The zero-order valence-corrected chi connectivity index (χ0v) is 14.9. The molecule has 0 bridgehead atoms. The van der Waals surface area contributed by atoms with Gasteiger partial charge in [0.15, 0.2) is 6.23 Å². The van der Waals surface area contributed by atoms with Gasteiger partial charge in [0.05, 0.1) is 13.7 Å². The monoisotopic (exact) mass is 341 g/mol. The van der Waals surface area contributed by atoms with Crippen LogP contribution in [0.3, 0.4) is 0 Å². The van der Waals surface area contributed by atoms with E-state index in [0.717, 1.165) is 11.4 Å². The highest BCUT2D eigenvalue weighted by molar-refractivity contribution is 5.47. The number of methoxy groups -OCH3 is 5. The van der Waals surface area contributed by atoms with Gasteiger partial charge < -0.3 is 33.7 Å². The van der Waals surface area contributed by atoms with Crippen LogP contribution in [0.5, 0.6) is 5.75 Å². The summed E-state index contributed by atoms with van der Waals surface area (Å²) in [6.45, 7) is 0.398. The molecule has 5 atom stereocenters. The van der Waals surface area contributed by atoms with Crippen molar-refractivity contribution in [3.63, 3.8) is 0 Å². The summed E-state index contributed by atoms with van der Waals surface area (Å²) in [5.41, 5.74) is 0.893. The van der Waals surface area contributed by atoms with Crippen molar-refractivity contribution < 1.29 is 28.4 Å². The lowest BCUT2D eigenvalue weighted by Gasteiger charge is -2.45. The molecule has 136 valence electrons. The van der Waals surface area contributed by atoms with Crippen LogP contribution < -0.4 is 10.1 Å². The third kappa shape index (κ3) is 4.17. The van der Waals surface area contributed by atoms with Crippen molar-refractivity contribution in [3.8, 4) is 5.75 Å². The third-order valence-electron chi connectivity index (χ3n) is 4.18. The fraction of sp³-hybridized carbons (Fsp3) is 0.647. The molecular weight excluding hydrogens is 314 g/mol. The topological polar surface area (TPSA) is 67.4 Å². The normalized spacial score (nSPS) is 30.1. The summed E-state index contributed by atoms with van der Waals surface area (Å²) < 4.78 is 33.4. The number of anilines is 1. The Balaban J connectivity index is 2.18. The Kier molecular flexibility index (Phi) is 7.26. The quantitative estimate of drug-likeness (QED) is 0.769. The first-order chi connectivity index (χ1) is 11.7. The van der Waals surface area contributed by atoms with Gasteiger partial charge in [0.2, 0.25) is 0 Å². The number of hydrogen-bond donors (Lipinski definition) is 1. The summed E-state index contributed by atoms with van der Waals surface area (Å²) in [7, 11) is 8.17. The van der Waals surface area contributed by atoms with E-state index in [0.29, 0.717) is 6.61 Å². The molecule has 0 unspecified atom stereocenters. The van der Waals surface area contributed by atoms with Gasteiger partial charge in [-0.15, -0.1) is 0 Å². The van der Waals surface area contributed by atoms with E-state index >= 15 is 0 Å². The maximum atomic E-state index is 6.13. The van der Waals surface area contributed by atoms with Crippen LogP contribution in [-0.2, 0) is 23.7 Å². The minimum atomic E-state index is -0.403. The lowest BCUT2D eigenvalue weighted by molar-refractivity contribution is -0.243. The van der Waals surface area contributed by atoms with Crippen LogP contribution in [0.4, 0.5) is 5.69 Å². The predicted molar refractivity (Wildman–Crippen MR) is 89.5 cm³/mol. The van der Waals surface area contributed by atoms with Gasteiger partial charge >= 0.3 is 0 Å². The summed E-state index contributed by atoms with van der Waals surface area (Å²) in [5, 5.41) is 3.34. The van der Waals surface area contributed by atoms with Crippen molar-refractivity contribution in [3.05, 3.63) is 24.3 Å². The number of rotatable bonds is 8. The van der Waals surface area contributed by atoms with E-state index in [2.05, 4.69) is 5.32 Å². The zero-order chi connectivity index (χ0) is 17.5. The van der Waals surface area contributed by atoms with Gasteiger partial charge in [-0.1, -0.05) is 0 Å². The Morgan fingerprint density at radius 2 is 1.50 bits per heavy atom. The largest absolute Gasteiger partial charge is 0.497 e. The van der Waals surface area contributed by atoms with Crippen molar-refractivity contribution in [2.45, 2.75) is 30.6 Å². The summed E-state index contributed by atoms with van der Waals surface area (Å²) in [6.07, 6.45) is -1.58. The summed E-state index contributed by atoms with van der Waals surface area (Å²) in [6, 6.07) is 7.60. The molecule has 1 fully saturated rings. The molecule has 1 aromatic carbocycles. The number of hydrogen-bond acceptors (Lipinski definition) is 7. The predicted octanol–water partition coefficient (Wildman–Crippen LogP) is 1.52. The lowest BCUT2D eigenvalue weighted by Crippen LogP contribution is -2.62. The fourth-order valence-electron chi connectivity index (χ4n) is 2.99. The van der Waals surface area contributed by atoms with Gasteiger partial charge in [0.1, 0.15) is 30.2 Å². The molecule has 1 aliphatic rings. The smallest absolute Gasteiger partial charge is 0.157 e. The molecular formula is C17H27NO6. The van der Waals surface area contributed by atoms with E-state index in [9.17, 15) is 0 Å². The summed E-state index contributed by atoms with van der Waals surface area (Å²) >= 11 is 0. The highest BCUT2D eigenvalue weighted by atomic mass is 16.6. The molecule has 1 aliphatic heterocycles. The van der Waals surface area contributed by atoms with Gasteiger partial charge in [-0.3, -0.25) is 0 Å². The van der Waals surface area contributed by atoms with Crippen molar-refractivity contribution in [2.24, 2.45) is 0 Å². The molecule has 0 radical (unpaired) electrons. The van der Waals surface area contributed by atoms with Gasteiger partial charge in [-0.25, -0.2) is 0 Å². The molecule has 1 N–H and O–H groups in total. The Bertz CT molecular complexity index is 482. The average Bonchev–Trinajstić information content (AvgIpc) is 2.62. The second-order valence-electron chi connectivity index (χ2n) is 5.52. The Morgan fingerprint density at radius 1 is 0.875 bits per heavy atom. The van der Waals surface area contributed by atoms with Crippen LogP contribution in [0.15, 0.2) is 24.3 Å². The minimum Gasteiger partial charge on any atom is -0.497 e. The van der Waals surface area contributed by atoms with Crippen LogP contribution in [-0.4, -0.2) is 72.8 Å². The van der Waals surface area contributed by atoms with E-state index in [1.54, 1.807) is 35.5 Å². The first kappa shape index (κ1) is 19.0. The molecule has 1 saturated heterocycles. The molecule has 0 saturated carbocycles. The van der Waals surface area contributed by atoms with Crippen molar-refractivity contribution in [1.29, 1.82) is 0 Å². The highest BCUT2D eigenvalue weighted by Gasteiger charge is 2.47. The lowest BCUT2D eigenvalue weighted by atomic mass is 9.97. The van der Waals surface area contributed by atoms with Gasteiger partial charge in [0.25, 0.3) is 0 Å². The van der Waals surface area contributed by atoms with Crippen molar-refractivity contribution in [1.82, 2.24) is 0 Å². The maximum absolute atomic E-state index is 6.13. The number of nitrogens with one attached hydrogen (secondary N) is 1. The number of ether oxygens (including phenoxy) is 6. The Hall–Kier alpha value is -1.38. The van der Waals surface area contributed by atoms with E-state index < -0.39 is 6.23 Å². The van der Waals surface area contributed by atoms with Gasteiger partial charge in [-0.05, 0) is 24.3 Å². The van der Waals surface area contributed by atoms with Crippen LogP contribution in [0.25, 0.3) is 0 Å². The molecule has 0 amide bonds. The first-order valence-electron chi connectivity index (χ1n) is 7.81. The molecule has 7 heteroatoms. The van der Waals surface area contributed by atoms with Gasteiger partial charge in [-0.2, -0.15) is 0 Å². The maximum Gasteiger partial charge on any atom is 0.157 e. The van der Waals surface area contributed by atoms with E-state index in [1.165, 1.54) is 0 Å². The second kappa shape index (κ2) is 9.19. The molecule has 1 aromatic rings. The van der Waals surface area contributed by atoms with E-state index in [4.69, 9.17) is 28.4 Å². The summed E-state index contributed by atoms with van der Waals surface area (Å²) in [4.78, 5) is 0. The van der Waals surface area contributed by atoms with Crippen molar-refractivity contribution in [2.75, 3.05) is 47.5 Å².